The van der Waals surface area contributed by atoms with Crippen molar-refractivity contribution in [1.82, 2.24) is 0 Å². The normalized spacial score (nSPS) is 31.1. The van der Waals surface area contributed by atoms with Crippen LogP contribution in [0.5, 0.6) is 5.75 Å². The second-order valence-corrected chi connectivity index (χ2v) is 12.0. The highest BCUT2D eigenvalue weighted by Gasteiger charge is 2.43. The first-order chi connectivity index (χ1) is 14.8. The fourth-order valence-corrected chi connectivity index (χ4v) is 8.56. The molecule has 158 valence electrons. The van der Waals surface area contributed by atoms with E-state index in [0.717, 1.165) is 39.2 Å². The minimum atomic E-state index is 0.421. The Hall–Kier alpha value is -0.670. The van der Waals surface area contributed by atoms with Crippen LogP contribution >= 0.6 is 23.8 Å². The number of thiocarbonyl (C=S) groups is 1. The molecule has 1 aromatic carbocycles. The summed E-state index contributed by atoms with van der Waals surface area (Å²) < 4.78 is 7.75. The number of hydrogen-bond donors (Lipinski definition) is 0. The number of para-hydroxylation sites is 1. The highest BCUT2D eigenvalue weighted by Crippen LogP contribution is 2.50. The van der Waals surface area contributed by atoms with Gasteiger partial charge >= 0.3 is 6.92 Å². The van der Waals surface area contributed by atoms with Gasteiger partial charge in [-0.3, -0.25) is 0 Å². The van der Waals surface area contributed by atoms with E-state index in [-0.39, 0.29) is 0 Å². The minimum Gasteiger partial charge on any atom is -0.560 e. The molecule has 0 radical (unpaired) electrons. The van der Waals surface area contributed by atoms with Crippen LogP contribution in [0.4, 0.5) is 0 Å². The molecule has 4 fully saturated rings. The molecule has 0 aliphatic carbocycles. The smallest absolute Gasteiger partial charge is 0.364 e. The van der Waals surface area contributed by atoms with Gasteiger partial charge in [-0.05, 0) is 29.9 Å². The van der Waals surface area contributed by atoms with E-state index < -0.39 is 0 Å². The largest absolute Gasteiger partial charge is 0.560 e. The zero-order valence-electron chi connectivity index (χ0n) is 18.1. The van der Waals surface area contributed by atoms with E-state index in [1.54, 1.807) is 0 Å². The Morgan fingerprint density at radius 3 is 1.97 bits per heavy atom. The first-order valence-electron chi connectivity index (χ1n) is 12.4. The summed E-state index contributed by atoms with van der Waals surface area (Å²) in [5.41, 5.74) is 1.19. The summed E-state index contributed by atoms with van der Waals surface area (Å²) in [6.07, 6.45) is 21.1. The van der Waals surface area contributed by atoms with E-state index in [0.29, 0.717) is 6.92 Å². The zero-order valence-corrected chi connectivity index (χ0v) is 19.8. The molecule has 30 heavy (non-hydrogen) atoms. The predicted molar refractivity (Wildman–Crippen MR) is 138 cm³/mol. The zero-order chi connectivity index (χ0) is 20.3. The first-order valence-corrected chi connectivity index (χ1v) is 13.7. The quantitative estimate of drug-likeness (QED) is 0.261. The van der Waals surface area contributed by atoms with Crippen molar-refractivity contribution in [2.45, 2.75) is 100 Å². The lowest BCUT2D eigenvalue weighted by molar-refractivity contribution is 0.381. The Balaban J connectivity index is 1.25. The van der Waals surface area contributed by atoms with Gasteiger partial charge in [-0.15, -0.1) is 0 Å². The molecule has 0 spiro atoms. The van der Waals surface area contributed by atoms with Gasteiger partial charge in [0.1, 0.15) is 5.75 Å². The Morgan fingerprint density at radius 1 is 0.833 bits per heavy atom. The van der Waals surface area contributed by atoms with Crippen LogP contribution in [-0.2, 0) is 0 Å². The van der Waals surface area contributed by atoms with Crippen LogP contribution in [-0.4, -0.2) is 17.1 Å². The van der Waals surface area contributed by atoms with Gasteiger partial charge in [-0.25, -0.2) is 0 Å². The Labute approximate surface area is 193 Å². The molecule has 4 aliphatic heterocycles. The first kappa shape index (κ1) is 21.2. The molecule has 4 heterocycles. The third-order valence-corrected chi connectivity index (χ3v) is 10.1. The van der Waals surface area contributed by atoms with E-state index in [1.807, 2.05) is 11.6 Å². The molecule has 4 bridgehead atoms. The summed E-state index contributed by atoms with van der Waals surface area (Å²) in [5, 5.41) is 0. The van der Waals surface area contributed by atoms with Crippen LogP contribution in [0.2, 0.25) is 23.3 Å². The van der Waals surface area contributed by atoms with Crippen molar-refractivity contribution < 1.29 is 4.65 Å². The van der Waals surface area contributed by atoms with Gasteiger partial charge in [0.25, 0.3) is 0 Å². The third kappa shape index (κ3) is 4.72. The van der Waals surface area contributed by atoms with E-state index in [4.69, 9.17) is 16.9 Å². The highest BCUT2D eigenvalue weighted by molar-refractivity contribution is 8.42. The second kappa shape index (κ2) is 9.86. The van der Waals surface area contributed by atoms with Crippen molar-refractivity contribution in [3.8, 4) is 5.75 Å². The molecule has 4 saturated heterocycles. The van der Waals surface area contributed by atoms with Gasteiger partial charge in [0, 0.05) is 5.56 Å². The Morgan fingerprint density at radius 2 is 1.37 bits per heavy atom. The third-order valence-electron chi connectivity index (χ3n) is 8.29. The van der Waals surface area contributed by atoms with Crippen molar-refractivity contribution in [2.24, 2.45) is 0 Å². The van der Waals surface area contributed by atoms with Gasteiger partial charge in [0.2, 0.25) is 5.99 Å². The van der Waals surface area contributed by atoms with Crippen LogP contribution in [0.25, 0.3) is 6.08 Å². The van der Waals surface area contributed by atoms with Crippen LogP contribution < -0.4 is 4.65 Å². The second-order valence-electron chi connectivity index (χ2n) is 10.1. The molecule has 0 atom stereocenters. The average molecular weight is 436 g/mol. The van der Waals surface area contributed by atoms with Crippen molar-refractivity contribution in [2.75, 3.05) is 0 Å². The SMILES string of the molecule is S=C(/C=C/c1ccccc1OB1C2CCCC1CCC2)SB1C2CCCC1CCC2. The van der Waals surface area contributed by atoms with E-state index in [2.05, 4.69) is 36.4 Å². The molecule has 1 aromatic rings. The molecule has 5 rings (SSSR count). The maximum absolute atomic E-state index is 6.70. The molecular weight excluding hydrogens is 402 g/mol. The van der Waals surface area contributed by atoms with Gasteiger partial charge in [0.15, 0.2) is 0 Å². The number of fused-ring (bicyclic) bond motifs is 4. The van der Waals surface area contributed by atoms with E-state index in [1.165, 1.54) is 82.6 Å². The lowest BCUT2D eigenvalue weighted by atomic mass is 9.38. The fraction of sp³-hybridized carbons (Fsp3) is 0.640. The van der Waals surface area contributed by atoms with Gasteiger partial charge in [0.05, 0.1) is 4.20 Å². The maximum Gasteiger partial charge on any atom is 0.364 e. The maximum atomic E-state index is 6.70. The number of rotatable bonds is 5. The van der Waals surface area contributed by atoms with Gasteiger partial charge in [-0.2, -0.15) is 11.6 Å². The van der Waals surface area contributed by atoms with Crippen LogP contribution in [0.1, 0.15) is 82.6 Å². The summed E-state index contributed by atoms with van der Waals surface area (Å²) in [5.74, 6) is 5.14. The lowest BCUT2D eigenvalue weighted by Crippen LogP contribution is -2.39. The van der Waals surface area contributed by atoms with E-state index in [9.17, 15) is 0 Å². The van der Waals surface area contributed by atoms with E-state index >= 15 is 0 Å². The van der Waals surface area contributed by atoms with Crippen molar-refractivity contribution in [3.05, 3.63) is 35.9 Å². The molecule has 0 N–H and O–H groups in total. The Kier molecular flexibility index (Phi) is 6.96. The van der Waals surface area contributed by atoms with Crippen LogP contribution in [0.3, 0.4) is 0 Å². The molecule has 0 aromatic heterocycles. The van der Waals surface area contributed by atoms with Gasteiger partial charge < -0.3 is 4.65 Å². The van der Waals surface area contributed by atoms with Crippen molar-refractivity contribution in [3.63, 3.8) is 0 Å². The topological polar surface area (TPSA) is 9.23 Å². The predicted octanol–water partition coefficient (Wildman–Crippen LogP) is 8.34. The standard InChI is InChI=1S/C25H34B2OS2/c29-25(30-27-22-12-5-13-23(27)15-6-14-22)18-17-19-7-1-2-16-24(19)28-26-20-8-3-9-21(26)11-4-10-20/h1-2,7,16-18,20-23H,3-6,8-15H2/b18-17+. The molecule has 5 heteroatoms. The average Bonchev–Trinajstić information content (AvgIpc) is 2.73. The summed E-state index contributed by atoms with van der Waals surface area (Å²) >= 11 is 7.81. The van der Waals surface area contributed by atoms with Crippen LogP contribution in [0, 0.1) is 0 Å². The van der Waals surface area contributed by atoms with Crippen molar-refractivity contribution in [1.29, 1.82) is 0 Å². The summed E-state index contributed by atoms with van der Waals surface area (Å²) in [6, 6.07) is 8.58. The summed E-state index contributed by atoms with van der Waals surface area (Å²) in [6.45, 7) is 0.421. The number of hydrogen-bond acceptors (Lipinski definition) is 3. The lowest BCUT2D eigenvalue weighted by Gasteiger charge is -2.39. The van der Waals surface area contributed by atoms with Gasteiger partial charge in [-0.1, -0.05) is 119 Å². The minimum absolute atomic E-state index is 0.421. The Bertz CT molecular complexity index is 738. The molecular formula is C25H34B2OS2. The summed E-state index contributed by atoms with van der Waals surface area (Å²) in [4.78, 5) is 0. The van der Waals surface area contributed by atoms with Crippen molar-refractivity contribution >= 4 is 47.0 Å². The molecule has 4 aliphatic rings. The fourth-order valence-electron chi connectivity index (χ4n) is 6.82. The monoisotopic (exact) mass is 436 g/mol. The molecule has 1 nitrogen and oxygen atoms in total. The number of benzene rings is 1. The summed E-state index contributed by atoms with van der Waals surface area (Å²) in [7, 11) is 0. The molecule has 0 saturated carbocycles. The molecule has 0 unspecified atom stereocenters. The highest BCUT2D eigenvalue weighted by atomic mass is 32.2. The molecule has 0 amide bonds. The van der Waals surface area contributed by atoms with Crippen LogP contribution in [0.15, 0.2) is 30.3 Å².